The highest BCUT2D eigenvalue weighted by atomic mass is 32.2. The molecule has 17 heavy (non-hydrogen) atoms. The third-order valence-electron chi connectivity index (χ3n) is 3.16. The fourth-order valence-electron chi connectivity index (χ4n) is 2.06. The normalized spacial score (nSPS) is 26.0. The molecule has 1 aliphatic rings. The van der Waals surface area contributed by atoms with Crippen molar-refractivity contribution in [3.8, 4) is 0 Å². The molecular weight excluding hydrogens is 234 g/mol. The van der Waals surface area contributed by atoms with E-state index in [9.17, 15) is 4.21 Å². The van der Waals surface area contributed by atoms with E-state index in [1.165, 1.54) is 0 Å². The van der Waals surface area contributed by atoms with Crippen molar-refractivity contribution >= 4 is 16.5 Å². The molecule has 0 saturated carbocycles. The zero-order valence-electron chi connectivity index (χ0n) is 10.3. The maximum atomic E-state index is 12.2. The largest absolute Gasteiger partial charge is 0.399 e. The fraction of sp³-hybridized carbons (Fsp3) is 0.538. The summed E-state index contributed by atoms with van der Waals surface area (Å²) in [7, 11) is -0.987. The average molecular weight is 253 g/mol. The molecule has 2 N–H and O–H groups in total. The number of benzene rings is 1. The van der Waals surface area contributed by atoms with E-state index < -0.39 is 10.8 Å². The molecule has 3 unspecified atom stereocenters. The summed E-state index contributed by atoms with van der Waals surface area (Å²) in [5, 5.41) is 0. The minimum Gasteiger partial charge on any atom is -0.399 e. The third-order valence-corrected chi connectivity index (χ3v) is 4.62. The van der Waals surface area contributed by atoms with Crippen molar-refractivity contribution in [1.29, 1.82) is 0 Å². The van der Waals surface area contributed by atoms with Gasteiger partial charge < -0.3 is 10.5 Å². The molecule has 1 aromatic rings. The molecule has 1 heterocycles. The molecule has 0 amide bonds. The predicted molar refractivity (Wildman–Crippen MR) is 70.4 cm³/mol. The van der Waals surface area contributed by atoms with Gasteiger partial charge in [-0.25, -0.2) is 0 Å². The first-order valence-electron chi connectivity index (χ1n) is 5.96. The zero-order valence-corrected chi connectivity index (χ0v) is 11.1. The molecule has 0 aliphatic carbocycles. The molecule has 4 heteroatoms. The zero-order chi connectivity index (χ0) is 12.4. The summed E-state index contributed by atoms with van der Waals surface area (Å²) in [5.41, 5.74) is 7.48. The second-order valence-electron chi connectivity index (χ2n) is 4.68. The molecule has 2 rings (SSSR count). The smallest absolute Gasteiger partial charge is 0.0698 e. The van der Waals surface area contributed by atoms with Gasteiger partial charge >= 0.3 is 0 Å². The van der Waals surface area contributed by atoms with E-state index in [0.29, 0.717) is 11.9 Å². The molecule has 1 aliphatic heterocycles. The molecule has 0 bridgehead atoms. The highest BCUT2D eigenvalue weighted by molar-refractivity contribution is 7.85. The topological polar surface area (TPSA) is 52.3 Å². The second kappa shape index (κ2) is 5.19. The van der Waals surface area contributed by atoms with E-state index in [1.54, 1.807) is 0 Å². The summed E-state index contributed by atoms with van der Waals surface area (Å²) in [4.78, 5) is 0.847. The van der Waals surface area contributed by atoms with Gasteiger partial charge in [0.05, 0.1) is 28.8 Å². The van der Waals surface area contributed by atoms with Crippen molar-refractivity contribution < 1.29 is 8.95 Å². The van der Waals surface area contributed by atoms with Gasteiger partial charge in [-0.15, -0.1) is 0 Å². The Labute approximate surface area is 105 Å². The van der Waals surface area contributed by atoms with E-state index in [-0.39, 0.29) is 6.10 Å². The average Bonchev–Trinajstić information content (AvgIpc) is 2.68. The van der Waals surface area contributed by atoms with Gasteiger partial charge in [-0.05, 0) is 50.5 Å². The van der Waals surface area contributed by atoms with Crippen LogP contribution < -0.4 is 5.73 Å². The maximum Gasteiger partial charge on any atom is 0.0698 e. The minimum absolute atomic E-state index is 0.142. The van der Waals surface area contributed by atoms with Gasteiger partial charge in [-0.2, -0.15) is 0 Å². The number of hydrogen-bond donors (Lipinski definition) is 1. The van der Waals surface area contributed by atoms with Gasteiger partial charge in [0.15, 0.2) is 0 Å². The van der Waals surface area contributed by atoms with Crippen LogP contribution >= 0.6 is 0 Å². The van der Waals surface area contributed by atoms with Crippen LogP contribution in [-0.2, 0) is 15.5 Å². The quantitative estimate of drug-likeness (QED) is 0.841. The maximum absolute atomic E-state index is 12.2. The predicted octanol–water partition coefficient (Wildman–Crippen LogP) is 2.25. The summed E-state index contributed by atoms with van der Waals surface area (Å²) >= 11 is 0. The molecule has 1 aromatic carbocycles. The first-order valence-corrected chi connectivity index (χ1v) is 7.28. The molecule has 3 atom stereocenters. The molecule has 1 fully saturated rings. The molecule has 3 nitrogen and oxygen atoms in total. The SMILES string of the molecule is Cc1cc(S(=O)CC2CCC(C)O2)ccc1N. The Balaban J connectivity index is 2.02. The third kappa shape index (κ3) is 3.07. The Hall–Kier alpha value is -0.870. The van der Waals surface area contributed by atoms with Crippen LogP contribution in [0, 0.1) is 6.92 Å². The van der Waals surface area contributed by atoms with Gasteiger partial charge in [0.2, 0.25) is 0 Å². The molecule has 0 spiro atoms. The van der Waals surface area contributed by atoms with E-state index in [0.717, 1.165) is 29.0 Å². The Morgan fingerprint density at radius 2 is 2.24 bits per heavy atom. The first-order chi connectivity index (χ1) is 8.06. The monoisotopic (exact) mass is 253 g/mol. The van der Waals surface area contributed by atoms with Crippen molar-refractivity contribution in [2.24, 2.45) is 0 Å². The lowest BCUT2D eigenvalue weighted by Gasteiger charge is -2.11. The number of anilines is 1. The summed E-state index contributed by atoms with van der Waals surface area (Å²) in [5.74, 6) is 0.591. The standard InChI is InChI=1S/C13H19NO2S/c1-9-7-12(5-6-13(9)14)17(15)8-11-4-3-10(2)16-11/h5-7,10-11H,3-4,8,14H2,1-2H3. The lowest BCUT2D eigenvalue weighted by Crippen LogP contribution is -2.17. The van der Waals surface area contributed by atoms with Crippen LogP contribution in [0.2, 0.25) is 0 Å². The van der Waals surface area contributed by atoms with Crippen molar-refractivity contribution in [3.63, 3.8) is 0 Å². The lowest BCUT2D eigenvalue weighted by molar-refractivity contribution is 0.0695. The van der Waals surface area contributed by atoms with Gasteiger partial charge in [-0.3, -0.25) is 4.21 Å². The molecule has 0 aromatic heterocycles. The van der Waals surface area contributed by atoms with Crippen LogP contribution in [0.1, 0.15) is 25.3 Å². The first kappa shape index (κ1) is 12.6. The van der Waals surface area contributed by atoms with Crippen molar-refractivity contribution in [3.05, 3.63) is 23.8 Å². The highest BCUT2D eigenvalue weighted by Gasteiger charge is 2.24. The van der Waals surface area contributed by atoms with Crippen LogP contribution in [0.25, 0.3) is 0 Å². The Morgan fingerprint density at radius 3 is 2.82 bits per heavy atom. The van der Waals surface area contributed by atoms with Crippen LogP contribution in [0.15, 0.2) is 23.1 Å². The van der Waals surface area contributed by atoms with E-state index in [2.05, 4.69) is 6.92 Å². The summed E-state index contributed by atoms with van der Waals surface area (Å²) in [6.07, 6.45) is 2.54. The molecule has 94 valence electrons. The van der Waals surface area contributed by atoms with Gasteiger partial charge in [-0.1, -0.05) is 0 Å². The molecule has 1 saturated heterocycles. The Kier molecular flexibility index (Phi) is 3.84. The van der Waals surface area contributed by atoms with Crippen molar-refractivity contribution in [2.75, 3.05) is 11.5 Å². The number of hydrogen-bond acceptors (Lipinski definition) is 3. The summed E-state index contributed by atoms with van der Waals surface area (Å²) < 4.78 is 17.9. The molecule has 0 radical (unpaired) electrons. The number of nitrogens with two attached hydrogens (primary N) is 1. The van der Waals surface area contributed by atoms with Gasteiger partial charge in [0.1, 0.15) is 0 Å². The number of nitrogen functional groups attached to an aromatic ring is 1. The van der Waals surface area contributed by atoms with Crippen LogP contribution in [0.4, 0.5) is 5.69 Å². The van der Waals surface area contributed by atoms with Crippen molar-refractivity contribution in [1.82, 2.24) is 0 Å². The van der Waals surface area contributed by atoms with Gasteiger partial charge in [0, 0.05) is 10.6 Å². The Morgan fingerprint density at radius 1 is 1.47 bits per heavy atom. The van der Waals surface area contributed by atoms with Crippen LogP contribution in [-0.4, -0.2) is 22.2 Å². The highest BCUT2D eigenvalue weighted by Crippen LogP contribution is 2.22. The molecular formula is C13H19NO2S. The van der Waals surface area contributed by atoms with Crippen LogP contribution in [0.3, 0.4) is 0 Å². The Bertz CT molecular complexity index is 433. The summed E-state index contributed by atoms with van der Waals surface area (Å²) in [6, 6.07) is 5.57. The number of ether oxygens (including phenoxy) is 1. The van der Waals surface area contributed by atoms with E-state index >= 15 is 0 Å². The summed E-state index contributed by atoms with van der Waals surface area (Å²) in [6.45, 7) is 4.00. The minimum atomic E-state index is -0.987. The number of aryl methyl sites for hydroxylation is 1. The van der Waals surface area contributed by atoms with Crippen LogP contribution in [0.5, 0.6) is 0 Å². The lowest BCUT2D eigenvalue weighted by atomic mass is 10.2. The fourth-order valence-corrected chi connectivity index (χ4v) is 3.37. The van der Waals surface area contributed by atoms with E-state index in [4.69, 9.17) is 10.5 Å². The van der Waals surface area contributed by atoms with Gasteiger partial charge in [0.25, 0.3) is 0 Å². The van der Waals surface area contributed by atoms with E-state index in [1.807, 2.05) is 25.1 Å². The van der Waals surface area contributed by atoms with Crippen molar-refractivity contribution in [2.45, 2.75) is 43.8 Å². The number of rotatable bonds is 3. The second-order valence-corrected chi connectivity index (χ2v) is 6.17.